The van der Waals surface area contributed by atoms with Crippen LogP contribution in [0.3, 0.4) is 0 Å². The topological polar surface area (TPSA) is 25.4 Å². The fourth-order valence-electron chi connectivity index (χ4n) is 2.15. The van der Waals surface area contributed by atoms with Crippen LogP contribution in [-0.2, 0) is 17.7 Å². The molecule has 96 valence electrons. The first kappa shape index (κ1) is 13.0. The fourth-order valence-corrected chi connectivity index (χ4v) is 3.04. The molecule has 0 radical (unpaired) electrons. The minimum absolute atomic E-state index is 0.347. The first-order valence-corrected chi connectivity index (χ1v) is 7.36. The molecule has 0 bridgehead atoms. The Labute approximate surface area is 108 Å². The van der Waals surface area contributed by atoms with E-state index in [0.29, 0.717) is 12.1 Å². The molecule has 3 nitrogen and oxygen atoms in total. The molecule has 2 atom stereocenters. The molecule has 0 N–H and O–H groups in total. The van der Waals surface area contributed by atoms with Gasteiger partial charge in [0, 0.05) is 24.5 Å². The fraction of sp³-hybridized carbons (Fsp3) is 0.769. The molecule has 0 saturated carbocycles. The average molecular weight is 254 g/mol. The van der Waals surface area contributed by atoms with Crippen LogP contribution >= 0.6 is 11.3 Å². The SMILES string of the molecule is CCCc1nc(CN2C[C@H](C)OC[C@H]2C)cs1. The third kappa shape index (κ3) is 3.50. The van der Waals surface area contributed by atoms with Gasteiger partial charge in [0.05, 0.1) is 23.4 Å². The summed E-state index contributed by atoms with van der Waals surface area (Å²) in [6, 6.07) is 0.502. The van der Waals surface area contributed by atoms with Crippen molar-refractivity contribution in [2.75, 3.05) is 13.2 Å². The van der Waals surface area contributed by atoms with Crippen molar-refractivity contribution >= 4 is 11.3 Å². The molecule has 1 fully saturated rings. The molecule has 2 heterocycles. The van der Waals surface area contributed by atoms with E-state index in [1.807, 2.05) is 0 Å². The van der Waals surface area contributed by atoms with E-state index in [2.05, 4.69) is 36.0 Å². The molecule has 1 aromatic rings. The van der Waals surface area contributed by atoms with E-state index < -0.39 is 0 Å². The largest absolute Gasteiger partial charge is 0.376 e. The van der Waals surface area contributed by atoms with Gasteiger partial charge in [-0.15, -0.1) is 11.3 Å². The van der Waals surface area contributed by atoms with Gasteiger partial charge in [0.15, 0.2) is 0 Å². The Hall–Kier alpha value is -0.450. The molecule has 0 aliphatic carbocycles. The molecule has 1 saturated heterocycles. The number of morpholine rings is 1. The Kier molecular flexibility index (Phi) is 4.54. The lowest BCUT2D eigenvalue weighted by Crippen LogP contribution is -2.46. The van der Waals surface area contributed by atoms with Gasteiger partial charge in [-0.2, -0.15) is 0 Å². The smallest absolute Gasteiger partial charge is 0.0928 e. The monoisotopic (exact) mass is 254 g/mol. The predicted octanol–water partition coefficient (Wildman–Crippen LogP) is 2.70. The number of aryl methyl sites for hydroxylation is 1. The summed E-state index contributed by atoms with van der Waals surface area (Å²) in [6.07, 6.45) is 2.64. The first-order chi connectivity index (χ1) is 8.19. The van der Waals surface area contributed by atoms with Crippen molar-refractivity contribution in [1.29, 1.82) is 0 Å². The van der Waals surface area contributed by atoms with Crippen molar-refractivity contribution in [3.63, 3.8) is 0 Å². The van der Waals surface area contributed by atoms with Gasteiger partial charge in [-0.05, 0) is 26.7 Å². The van der Waals surface area contributed by atoms with E-state index in [-0.39, 0.29) is 0 Å². The van der Waals surface area contributed by atoms with Gasteiger partial charge < -0.3 is 4.74 Å². The molecule has 0 spiro atoms. The van der Waals surface area contributed by atoms with E-state index >= 15 is 0 Å². The van der Waals surface area contributed by atoms with Crippen LogP contribution in [0, 0.1) is 0 Å². The zero-order valence-corrected chi connectivity index (χ0v) is 11.8. The van der Waals surface area contributed by atoms with Crippen LogP contribution in [0.5, 0.6) is 0 Å². The standard InChI is InChI=1S/C13H22N2OS/c1-4-5-13-14-12(9-17-13)7-15-6-11(3)16-8-10(15)2/h9-11H,4-8H2,1-3H3/t10-,11+/m1/s1. The van der Waals surface area contributed by atoms with E-state index in [4.69, 9.17) is 4.74 Å². The number of ether oxygens (including phenoxy) is 1. The Bertz CT molecular complexity index is 353. The molecular weight excluding hydrogens is 232 g/mol. The number of thiazole rings is 1. The number of rotatable bonds is 4. The number of hydrogen-bond donors (Lipinski definition) is 0. The summed E-state index contributed by atoms with van der Waals surface area (Å²) in [5.41, 5.74) is 1.22. The minimum atomic E-state index is 0.347. The number of hydrogen-bond acceptors (Lipinski definition) is 4. The average Bonchev–Trinajstić information content (AvgIpc) is 2.72. The van der Waals surface area contributed by atoms with Crippen molar-refractivity contribution in [2.24, 2.45) is 0 Å². The van der Waals surface area contributed by atoms with Gasteiger partial charge in [-0.25, -0.2) is 4.98 Å². The molecule has 0 unspecified atom stereocenters. The lowest BCUT2D eigenvalue weighted by molar-refractivity contribution is -0.0530. The van der Waals surface area contributed by atoms with Gasteiger partial charge in [0.1, 0.15) is 0 Å². The maximum Gasteiger partial charge on any atom is 0.0928 e. The molecule has 0 aromatic carbocycles. The molecule has 0 amide bonds. The van der Waals surface area contributed by atoms with Gasteiger partial charge in [-0.3, -0.25) is 4.90 Å². The number of nitrogens with zero attached hydrogens (tertiary/aromatic N) is 2. The van der Waals surface area contributed by atoms with Crippen molar-refractivity contribution in [3.05, 3.63) is 16.1 Å². The summed E-state index contributed by atoms with van der Waals surface area (Å²) in [7, 11) is 0. The molecule has 17 heavy (non-hydrogen) atoms. The normalized spacial score (nSPS) is 26.3. The van der Waals surface area contributed by atoms with Crippen LogP contribution in [0.15, 0.2) is 5.38 Å². The van der Waals surface area contributed by atoms with Crippen LogP contribution in [0.25, 0.3) is 0 Å². The van der Waals surface area contributed by atoms with E-state index in [9.17, 15) is 0 Å². The summed E-state index contributed by atoms with van der Waals surface area (Å²) in [5, 5.41) is 3.48. The summed E-state index contributed by atoms with van der Waals surface area (Å²) in [5.74, 6) is 0. The maximum atomic E-state index is 5.64. The number of aromatic nitrogens is 1. The highest BCUT2D eigenvalue weighted by atomic mass is 32.1. The zero-order valence-electron chi connectivity index (χ0n) is 11.0. The van der Waals surface area contributed by atoms with Crippen LogP contribution in [0.2, 0.25) is 0 Å². The minimum Gasteiger partial charge on any atom is -0.376 e. The summed E-state index contributed by atoms with van der Waals surface area (Å²) >= 11 is 1.80. The van der Waals surface area contributed by atoms with Gasteiger partial charge in [-0.1, -0.05) is 6.92 Å². The van der Waals surface area contributed by atoms with Crippen molar-refractivity contribution in [1.82, 2.24) is 9.88 Å². The van der Waals surface area contributed by atoms with Crippen molar-refractivity contribution < 1.29 is 4.74 Å². The third-order valence-corrected chi connectivity index (χ3v) is 4.12. The second-order valence-electron chi connectivity index (χ2n) is 4.90. The Morgan fingerprint density at radius 3 is 3.12 bits per heavy atom. The Balaban J connectivity index is 1.94. The van der Waals surface area contributed by atoms with Crippen molar-refractivity contribution in [3.8, 4) is 0 Å². The Morgan fingerprint density at radius 1 is 1.53 bits per heavy atom. The highest BCUT2D eigenvalue weighted by molar-refractivity contribution is 7.09. The zero-order chi connectivity index (χ0) is 12.3. The second-order valence-corrected chi connectivity index (χ2v) is 5.85. The van der Waals surface area contributed by atoms with Gasteiger partial charge in [0.25, 0.3) is 0 Å². The summed E-state index contributed by atoms with van der Waals surface area (Å²) in [4.78, 5) is 7.16. The molecule has 4 heteroatoms. The van der Waals surface area contributed by atoms with Crippen LogP contribution in [0.4, 0.5) is 0 Å². The van der Waals surface area contributed by atoms with E-state index in [1.165, 1.54) is 17.1 Å². The summed E-state index contributed by atoms with van der Waals surface area (Å²) < 4.78 is 5.64. The van der Waals surface area contributed by atoms with E-state index in [1.54, 1.807) is 11.3 Å². The van der Waals surface area contributed by atoms with Crippen LogP contribution < -0.4 is 0 Å². The highest BCUT2D eigenvalue weighted by Crippen LogP contribution is 2.17. The van der Waals surface area contributed by atoms with Crippen LogP contribution in [-0.4, -0.2) is 35.2 Å². The second kappa shape index (κ2) is 5.94. The lowest BCUT2D eigenvalue weighted by Gasteiger charge is -2.36. The van der Waals surface area contributed by atoms with Crippen molar-refractivity contribution in [2.45, 2.75) is 52.3 Å². The van der Waals surface area contributed by atoms with Gasteiger partial charge in [0.2, 0.25) is 0 Å². The summed E-state index contributed by atoms with van der Waals surface area (Å²) in [6.45, 7) is 9.39. The predicted molar refractivity (Wildman–Crippen MR) is 71.4 cm³/mol. The third-order valence-electron chi connectivity index (χ3n) is 3.17. The molecule has 2 rings (SSSR count). The molecule has 1 aromatic heterocycles. The highest BCUT2D eigenvalue weighted by Gasteiger charge is 2.23. The van der Waals surface area contributed by atoms with Crippen LogP contribution in [0.1, 0.15) is 37.9 Å². The first-order valence-electron chi connectivity index (χ1n) is 6.48. The molecular formula is C13H22N2OS. The molecule has 1 aliphatic rings. The van der Waals surface area contributed by atoms with E-state index in [0.717, 1.165) is 26.1 Å². The van der Waals surface area contributed by atoms with Gasteiger partial charge >= 0.3 is 0 Å². The lowest BCUT2D eigenvalue weighted by atomic mass is 10.2. The molecule has 1 aliphatic heterocycles. The quantitative estimate of drug-likeness (QED) is 0.826. The maximum absolute atomic E-state index is 5.64. The Morgan fingerprint density at radius 2 is 2.35 bits per heavy atom.